The molecule has 0 saturated heterocycles. The highest BCUT2D eigenvalue weighted by Crippen LogP contribution is 2.29. The second-order valence-electron chi connectivity index (χ2n) is 3.64. The van der Waals surface area contributed by atoms with Gasteiger partial charge in [0.15, 0.2) is 5.16 Å². The summed E-state index contributed by atoms with van der Waals surface area (Å²) in [6.45, 7) is 0. The van der Waals surface area contributed by atoms with Gasteiger partial charge in [0.1, 0.15) is 11.5 Å². The van der Waals surface area contributed by atoms with E-state index in [0.717, 1.165) is 24.0 Å². The third-order valence-corrected chi connectivity index (χ3v) is 3.11. The van der Waals surface area contributed by atoms with Crippen LogP contribution in [0.4, 0.5) is 17.6 Å². The Kier molecular flexibility index (Phi) is 4.04. The summed E-state index contributed by atoms with van der Waals surface area (Å²) in [6, 6.07) is 6.66. The Morgan fingerprint density at radius 1 is 1.16 bits per heavy atom. The largest absolute Gasteiger partial charge is 0.433 e. The van der Waals surface area contributed by atoms with Gasteiger partial charge in [-0.25, -0.2) is 14.4 Å². The Morgan fingerprint density at radius 2 is 1.95 bits per heavy atom. The van der Waals surface area contributed by atoms with Gasteiger partial charge in [-0.1, -0.05) is 23.9 Å². The number of thioether (sulfide) groups is 1. The molecule has 0 radical (unpaired) electrons. The van der Waals surface area contributed by atoms with Crippen LogP contribution in [0, 0.1) is 5.82 Å². The topological polar surface area (TPSA) is 25.8 Å². The molecule has 0 amide bonds. The van der Waals surface area contributed by atoms with Crippen LogP contribution in [0.1, 0.15) is 11.3 Å². The van der Waals surface area contributed by atoms with Crippen LogP contribution >= 0.6 is 11.8 Å². The van der Waals surface area contributed by atoms with Crippen molar-refractivity contribution in [1.29, 1.82) is 0 Å². The number of halogens is 4. The van der Waals surface area contributed by atoms with Crippen LogP contribution in [-0.4, -0.2) is 9.97 Å². The lowest BCUT2D eigenvalue weighted by Gasteiger charge is -2.06. The van der Waals surface area contributed by atoms with Gasteiger partial charge in [0.05, 0.1) is 0 Å². The molecule has 0 spiro atoms. The predicted molar refractivity (Wildman–Crippen MR) is 63.0 cm³/mol. The zero-order valence-electron chi connectivity index (χ0n) is 9.49. The Hall–Kier alpha value is -1.63. The van der Waals surface area contributed by atoms with Crippen LogP contribution in [0.5, 0.6) is 0 Å². The summed E-state index contributed by atoms with van der Waals surface area (Å²) >= 11 is 1.02. The summed E-state index contributed by atoms with van der Waals surface area (Å²) in [5.74, 6) is -0.0814. The molecule has 0 aliphatic heterocycles. The summed E-state index contributed by atoms with van der Waals surface area (Å²) in [4.78, 5) is 7.16. The van der Waals surface area contributed by atoms with Gasteiger partial charge < -0.3 is 0 Å². The lowest BCUT2D eigenvalue weighted by molar-refractivity contribution is -0.141. The van der Waals surface area contributed by atoms with Gasteiger partial charge >= 0.3 is 6.18 Å². The Balaban J connectivity index is 2.08. The first-order valence-corrected chi connectivity index (χ1v) is 6.21. The predicted octanol–water partition coefficient (Wildman–Crippen LogP) is 3.93. The highest BCUT2D eigenvalue weighted by Gasteiger charge is 2.32. The molecule has 0 atom stereocenters. The van der Waals surface area contributed by atoms with E-state index in [1.54, 1.807) is 6.07 Å². The molecule has 7 heteroatoms. The number of hydrogen-bond acceptors (Lipinski definition) is 3. The summed E-state index contributed by atoms with van der Waals surface area (Å²) < 4.78 is 50.2. The SMILES string of the molecule is Fc1cccc(CSc2nccc(C(F)(F)F)n2)c1. The van der Waals surface area contributed by atoms with E-state index in [1.807, 2.05) is 0 Å². The van der Waals surface area contributed by atoms with Crippen LogP contribution < -0.4 is 0 Å². The zero-order valence-corrected chi connectivity index (χ0v) is 10.3. The molecule has 0 saturated carbocycles. The van der Waals surface area contributed by atoms with E-state index in [9.17, 15) is 17.6 Å². The lowest BCUT2D eigenvalue weighted by Crippen LogP contribution is -2.08. The Labute approximate surface area is 110 Å². The first kappa shape index (κ1) is 13.8. The van der Waals surface area contributed by atoms with Crippen molar-refractivity contribution in [2.45, 2.75) is 17.1 Å². The molecule has 2 nitrogen and oxygen atoms in total. The van der Waals surface area contributed by atoms with Gasteiger partial charge in [0.2, 0.25) is 0 Å². The van der Waals surface area contributed by atoms with Crippen LogP contribution in [-0.2, 0) is 11.9 Å². The fourth-order valence-electron chi connectivity index (χ4n) is 1.34. The van der Waals surface area contributed by atoms with Gasteiger partial charge in [-0.2, -0.15) is 13.2 Å². The van der Waals surface area contributed by atoms with Crippen molar-refractivity contribution in [2.24, 2.45) is 0 Å². The maximum absolute atomic E-state index is 12.9. The number of nitrogens with zero attached hydrogens (tertiary/aromatic N) is 2. The third-order valence-electron chi connectivity index (χ3n) is 2.18. The molecule has 1 heterocycles. The molecule has 2 aromatic rings. The van der Waals surface area contributed by atoms with E-state index in [1.165, 1.54) is 18.2 Å². The highest BCUT2D eigenvalue weighted by molar-refractivity contribution is 7.98. The van der Waals surface area contributed by atoms with Crippen LogP contribution in [0.25, 0.3) is 0 Å². The van der Waals surface area contributed by atoms with Crippen molar-refractivity contribution < 1.29 is 17.6 Å². The Morgan fingerprint density at radius 3 is 2.63 bits per heavy atom. The number of aromatic nitrogens is 2. The molecule has 1 aromatic carbocycles. The van der Waals surface area contributed by atoms with Crippen LogP contribution in [0.3, 0.4) is 0 Å². The number of alkyl halides is 3. The summed E-state index contributed by atoms with van der Waals surface area (Å²) in [5, 5.41) is 0.0130. The third kappa shape index (κ3) is 3.92. The first-order valence-electron chi connectivity index (χ1n) is 5.22. The molecular formula is C12H8F4N2S. The van der Waals surface area contributed by atoms with E-state index >= 15 is 0 Å². The van der Waals surface area contributed by atoms with Crippen molar-refractivity contribution in [1.82, 2.24) is 9.97 Å². The van der Waals surface area contributed by atoms with Gasteiger partial charge in [0, 0.05) is 11.9 Å². The minimum atomic E-state index is -4.49. The van der Waals surface area contributed by atoms with Crippen molar-refractivity contribution in [3.63, 3.8) is 0 Å². The molecule has 1 aromatic heterocycles. The standard InChI is InChI=1S/C12H8F4N2S/c13-9-3-1-2-8(6-9)7-19-11-17-5-4-10(18-11)12(14,15)16/h1-6H,7H2. The smallest absolute Gasteiger partial charge is 0.231 e. The summed E-state index contributed by atoms with van der Waals surface area (Å²) in [5.41, 5.74) is -0.324. The van der Waals surface area contributed by atoms with Crippen LogP contribution in [0.15, 0.2) is 41.7 Å². The molecule has 100 valence electrons. The molecule has 0 fully saturated rings. The van der Waals surface area contributed by atoms with E-state index in [0.29, 0.717) is 11.3 Å². The maximum Gasteiger partial charge on any atom is 0.433 e. The zero-order chi connectivity index (χ0) is 13.9. The molecule has 0 N–H and O–H groups in total. The first-order chi connectivity index (χ1) is 8.95. The average Bonchev–Trinajstić information content (AvgIpc) is 2.36. The van der Waals surface area contributed by atoms with E-state index in [4.69, 9.17) is 0 Å². The summed E-state index contributed by atoms with van der Waals surface area (Å²) in [7, 11) is 0. The molecule has 0 aliphatic rings. The van der Waals surface area contributed by atoms with Crippen molar-refractivity contribution in [2.75, 3.05) is 0 Å². The normalized spacial score (nSPS) is 11.6. The molecule has 0 aliphatic carbocycles. The molecule has 19 heavy (non-hydrogen) atoms. The van der Waals surface area contributed by atoms with Crippen molar-refractivity contribution in [3.8, 4) is 0 Å². The monoisotopic (exact) mass is 288 g/mol. The second-order valence-corrected chi connectivity index (χ2v) is 4.58. The van der Waals surface area contributed by atoms with Gasteiger partial charge in [-0.05, 0) is 23.8 Å². The lowest BCUT2D eigenvalue weighted by atomic mass is 10.2. The average molecular weight is 288 g/mol. The van der Waals surface area contributed by atoms with Crippen LogP contribution in [0.2, 0.25) is 0 Å². The quantitative estimate of drug-likeness (QED) is 0.486. The summed E-state index contributed by atoms with van der Waals surface area (Å²) in [6.07, 6.45) is -3.43. The Bertz CT molecular complexity index is 572. The van der Waals surface area contributed by atoms with Gasteiger partial charge in [-0.15, -0.1) is 0 Å². The molecular weight excluding hydrogens is 280 g/mol. The molecule has 0 unspecified atom stereocenters. The van der Waals surface area contributed by atoms with Crippen molar-refractivity contribution in [3.05, 3.63) is 53.6 Å². The minimum Gasteiger partial charge on any atom is -0.231 e. The highest BCUT2D eigenvalue weighted by atomic mass is 32.2. The van der Waals surface area contributed by atoms with E-state index in [2.05, 4.69) is 9.97 Å². The number of rotatable bonds is 3. The van der Waals surface area contributed by atoms with E-state index < -0.39 is 11.9 Å². The molecule has 0 bridgehead atoms. The molecule has 2 rings (SSSR count). The fraction of sp³-hybridized carbons (Fsp3) is 0.167. The van der Waals surface area contributed by atoms with Gasteiger partial charge in [0.25, 0.3) is 0 Å². The van der Waals surface area contributed by atoms with Crippen molar-refractivity contribution >= 4 is 11.8 Å². The second kappa shape index (κ2) is 5.56. The minimum absolute atomic E-state index is 0.0130. The maximum atomic E-state index is 12.9. The number of benzene rings is 1. The fourth-order valence-corrected chi connectivity index (χ4v) is 2.12. The number of hydrogen-bond donors (Lipinski definition) is 0. The van der Waals surface area contributed by atoms with E-state index in [-0.39, 0.29) is 11.0 Å². The van der Waals surface area contributed by atoms with Gasteiger partial charge in [-0.3, -0.25) is 0 Å².